The van der Waals surface area contributed by atoms with Gasteiger partial charge < -0.3 is 9.26 Å². The molecular formula is C23H17Cl2F2N3O3S. The zero-order valence-corrected chi connectivity index (χ0v) is 20.2. The number of hydrogen-bond acceptors (Lipinski definition) is 6. The van der Waals surface area contributed by atoms with Gasteiger partial charge in [0.1, 0.15) is 17.2 Å². The molecule has 0 atom stereocenters. The molecule has 34 heavy (non-hydrogen) atoms. The summed E-state index contributed by atoms with van der Waals surface area (Å²) in [6, 6.07) is 10.7. The SMILES string of the molecule is Cc1noc(C)c1CSC1=N/C(=C\c2ccc(Cl)cc2Cl)C(=O)N1c1ccc(OC(F)F)cc1. The summed E-state index contributed by atoms with van der Waals surface area (Å²) in [7, 11) is 0. The Morgan fingerprint density at radius 3 is 2.53 bits per heavy atom. The number of rotatable bonds is 6. The van der Waals surface area contributed by atoms with Crippen LogP contribution in [0.15, 0.2) is 57.7 Å². The van der Waals surface area contributed by atoms with Gasteiger partial charge in [0.15, 0.2) is 5.17 Å². The Hall–Kier alpha value is -2.88. The van der Waals surface area contributed by atoms with Crippen LogP contribution in [0.4, 0.5) is 14.5 Å². The van der Waals surface area contributed by atoms with Gasteiger partial charge in [-0.2, -0.15) is 8.78 Å². The number of aryl methyl sites for hydroxylation is 2. The molecule has 1 amide bonds. The van der Waals surface area contributed by atoms with E-state index in [1.165, 1.54) is 40.9 Å². The van der Waals surface area contributed by atoms with Gasteiger partial charge in [-0.3, -0.25) is 9.69 Å². The number of aliphatic imine (C=N–C) groups is 1. The Morgan fingerprint density at radius 1 is 1.18 bits per heavy atom. The minimum Gasteiger partial charge on any atom is -0.435 e. The molecule has 4 rings (SSSR count). The molecule has 0 saturated carbocycles. The average molecular weight is 524 g/mol. The lowest BCUT2D eigenvalue weighted by molar-refractivity contribution is -0.113. The fourth-order valence-electron chi connectivity index (χ4n) is 3.21. The Labute approximate surface area is 208 Å². The van der Waals surface area contributed by atoms with E-state index in [4.69, 9.17) is 27.7 Å². The van der Waals surface area contributed by atoms with Crippen molar-refractivity contribution in [1.82, 2.24) is 5.16 Å². The lowest BCUT2D eigenvalue weighted by atomic mass is 10.2. The smallest absolute Gasteiger partial charge is 0.387 e. The zero-order valence-electron chi connectivity index (χ0n) is 17.9. The normalized spacial score (nSPS) is 14.9. The number of benzene rings is 2. The second-order valence-corrected chi connectivity index (χ2v) is 8.98. The zero-order chi connectivity index (χ0) is 24.4. The third-order valence-corrected chi connectivity index (χ3v) is 6.46. The largest absolute Gasteiger partial charge is 0.435 e. The maximum absolute atomic E-state index is 13.3. The number of thioether (sulfide) groups is 1. The van der Waals surface area contributed by atoms with Crippen molar-refractivity contribution >= 4 is 57.8 Å². The van der Waals surface area contributed by atoms with E-state index in [0.717, 1.165) is 11.3 Å². The number of amidine groups is 1. The molecule has 0 spiro atoms. The van der Waals surface area contributed by atoms with Crippen molar-refractivity contribution in [3.8, 4) is 5.75 Å². The molecule has 0 saturated heterocycles. The number of halogens is 4. The number of ether oxygens (including phenoxy) is 1. The van der Waals surface area contributed by atoms with E-state index < -0.39 is 12.5 Å². The summed E-state index contributed by atoms with van der Waals surface area (Å²) in [6.07, 6.45) is 1.58. The van der Waals surface area contributed by atoms with Gasteiger partial charge in [-0.05, 0) is 61.9 Å². The summed E-state index contributed by atoms with van der Waals surface area (Å²) < 4.78 is 34.6. The van der Waals surface area contributed by atoms with E-state index >= 15 is 0 Å². The van der Waals surface area contributed by atoms with Crippen molar-refractivity contribution in [3.63, 3.8) is 0 Å². The fourth-order valence-corrected chi connectivity index (χ4v) is 4.84. The van der Waals surface area contributed by atoms with Gasteiger partial charge in [0, 0.05) is 21.4 Å². The van der Waals surface area contributed by atoms with Crippen molar-refractivity contribution in [1.29, 1.82) is 0 Å². The van der Waals surface area contributed by atoms with Gasteiger partial charge in [0.05, 0.1) is 11.4 Å². The Bertz CT molecular complexity index is 1270. The third kappa shape index (κ3) is 5.27. The first-order valence-corrected chi connectivity index (χ1v) is 11.7. The van der Waals surface area contributed by atoms with E-state index in [9.17, 15) is 13.6 Å². The van der Waals surface area contributed by atoms with Gasteiger partial charge in [0.25, 0.3) is 5.91 Å². The second kappa shape index (κ2) is 10.2. The number of nitrogens with zero attached hydrogens (tertiary/aromatic N) is 3. The molecule has 2 heterocycles. The predicted octanol–water partition coefficient (Wildman–Crippen LogP) is 6.88. The summed E-state index contributed by atoms with van der Waals surface area (Å²) in [5.74, 6) is 0.732. The molecule has 176 valence electrons. The molecule has 2 aromatic carbocycles. The minimum absolute atomic E-state index is 0.0176. The van der Waals surface area contributed by atoms with Gasteiger partial charge in [-0.15, -0.1) is 0 Å². The van der Waals surface area contributed by atoms with Crippen LogP contribution >= 0.6 is 35.0 Å². The lowest BCUT2D eigenvalue weighted by Crippen LogP contribution is -2.30. The van der Waals surface area contributed by atoms with Gasteiger partial charge >= 0.3 is 6.61 Å². The molecule has 3 aromatic rings. The number of alkyl halides is 2. The summed E-state index contributed by atoms with van der Waals surface area (Å²) in [4.78, 5) is 19.3. The number of amides is 1. The summed E-state index contributed by atoms with van der Waals surface area (Å²) in [6.45, 7) is 0.701. The molecule has 0 fully saturated rings. The first-order chi connectivity index (χ1) is 16.2. The van der Waals surface area contributed by atoms with Gasteiger partial charge in [-0.25, -0.2) is 4.99 Å². The maximum atomic E-state index is 13.3. The number of hydrogen-bond donors (Lipinski definition) is 0. The van der Waals surface area contributed by atoms with Crippen molar-refractivity contribution in [2.24, 2.45) is 4.99 Å². The van der Waals surface area contributed by atoms with Crippen molar-refractivity contribution < 1.29 is 22.8 Å². The molecule has 1 aromatic heterocycles. The van der Waals surface area contributed by atoms with E-state index in [2.05, 4.69) is 14.9 Å². The highest BCUT2D eigenvalue weighted by atomic mass is 35.5. The Balaban J connectivity index is 1.68. The van der Waals surface area contributed by atoms with Crippen LogP contribution in [0, 0.1) is 13.8 Å². The summed E-state index contributed by atoms with van der Waals surface area (Å²) in [5, 5.41) is 5.20. The first kappa shape index (κ1) is 24.3. The number of carbonyl (C=O) groups excluding carboxylic acids is 1. The third-order valence-electron chi connectivity index (χ3n) is 4.93. The molecule has 0 radical (unpaired) electrons. The molecule has 1 aliphatic rings. The number of anilines is 1. The van der Waals surface area contributed by atoms with Gasteiger partial charge in [0.2, 0.25) is 0 Å². The molecule has 0 aliphatic carbocycles. The molecule has 11 heteroatoms. The topological polar surface area (TPSA) is 67.9 Å². The Kier molecular flexibility index (Phi) is 7.25. The van der Waals surface area contributed by atoms with Gasteiger partial charge in [-0.1, -0.05) is 46.2 Å². The van der Waals surface area contributed by atoms with Crippen LogP contribution in [0.25, 0.3) is 6.08 Å². The van der Waals surface area contributed by atoms with E-state index in [1.54, 1.807) is 24.3 Å². The van der Waals surface area contributed by atoms with E-state index in [1.807, 2.05) is 13.8 Å². The minimum atomic E-state index is -2.94. The van der Waals surface area contributed by atoms with Crippen LogP contribution in [-0.4, -0.2) is 22.8 Å². The molecule has 6 nitrogen and oxygen atoms in total. The van der Waals surface area contributed by atoms with Crippen LogP contribution in [0.3, 0.4) is 0 Å². The van der Waals surface area contributed by atoms with Crippen LogP contribution in [0.1, 0.15) is 22.6 Å². The highest BCUT2D eigenvalue weighted by Crippen LogP contribution is 2.34. The highest BCUT2D eigenvalue weighted by Gasteiger charge is 2.32. The maximum Gasteiger partial charge on any atom is 0.387 e. The average Bonchev–Trinajstić information content (AvgIpc) is 3.27. The summed E-state index contributed by atoms with van der Waals surface area (Å²) in [5.41, 5.74) is 2.84. The standard InChI is InChI=1S/C23H17Cl2F2N3O3S/c1-12-18(13(2)33-29-12)11-34-23-28-20(9-14-3-4-15(24)10-19(14)25)21(31)30(23)16-5-7-17(8-6-16)32-22(26)27/h3-10,22H,11H2,1-2H3/b20-9-. The summed E-state index contributed by atoms with van der Waals surface area (Å²) >= 11 is 13.6. The van der Waals surface area contributed by atoms with Crippen LogP contribution < -0.4 is 9.64 Å². The molecule has 0 unspecified atom stereocenters. The lowest BCUT2D eigenvalue weighted by Gasteiger charge is -2.18. The quantitative estimate of drug-likeness (QED) is 0.329. The van der Waals surface area contributed by atoms with Crippen LogP contribution in [0.2, 0.25) is 10.0 Å². The molecule has 0 N–H and O–H groups in total. The molecular weight excluding hydrogens is 507 g/mol. The monoisotopic (exact) mass is 523 g/mol. The fraction of sp³-hybridized carbons (Fsp3) is 0.174. The van der Waals surface area contributed by atoms with Crippen molar-refractivity contribution in [2.45, 2.75) is 26.2 Å². The molecule has 0 bridgehead atoms. The van der Waals surface area contributed by atoms with Crippen LogP contribution in [0.5, 0.6) is 5.75 Å². The number of aromatic nitrogens is 1. The van der Waals surface area contributed by atoms with E-state index in [-0.39, 0.29) is 11.4 Å². The number of carbonyl (C=O) groups is 1. The van der Waals surface area contributed by atoms with E-state index in [0.29, 0.717) is 38.0 Å². The first-order valence-electron chi connectivity index (χ1n) is 9.92. The predicted molar refractivity (Wildman–Crippen MR) is 130 cm³/mol. The second-order valence-electron chi connectivity index (χ2n) is 7.19. The highest BCUT2D eigenvalue weighted by molar-refractivity contribution is 8.13. The van der Waals surface area contributed by atoms with Crippen molar-refractivity contribution in [3.05, 3.63) is 80.8 Å². The molecule has 1 aliphatic heterocycles. The van der Waals surface area contributed by atoms with Crippen molar-refractivity contribution in [2.75, 3.05) is 4.90 Å². The Morgan fingerprint density at radius 2 is 1.91 bits per heavy atom. The van der Waals surface area contributed by atoms with Crippen LogP contribution in [-0.2, 0) is 10.5 Å².